The maximum absolute atomic E-state index is 4.61. The Labute approximate surface area is 148 Å². The number of nitrogens with one attached hydrogen (secondary N) is 1. The lowest BCUT2D eigenvalue weighted by Crippen LogP contribution is -2.26. The number of aromatic nitrogens is 3. The van der Waals surface area contributed by atoms with E-state index in [0.29, 0.717) is 0 Å². The van der Waals surface area contributed by atoms with Gasteiger partial charge in [-0.2, -0.15) is 0 Å². The monoisotopic (exact) mass is 353 g/mol. The summed E-state index contributed by atoms with van der Waals surface area (Å²) in [5.41, 5.74) is 8.61. The van der Waals surface area contributed by atoms with E-state index < -0.39 is 0 Å². The largest absolute Gasteiger partial charge is 0.290 e. The average Bonchev–Trinajstić information content (AvgIpc) is 3.27. The predicted molar refractivity (Wildman–Crippen MR) is 100 cm³/mol. The van der Waals surface area contributed by atoms with Crippen molar-refractivity contribution in [2.24, 2.45) is 0 Å². The molecule has 0 saturated carbocycles. The first-order valence-electron chi connectivity index (χ1n) is 7.45. The van der Waals surface area contributed by atoms with Gasteiger partial charge in [0, 0.05) is 34.8 Å². The third-order valence-electron chi connectivity index (χ3n) is 3.69. The van der Waals surface area contributed by atoms with Gasteiger partial charge in [0.05, 0.1) is 23.0 Å². The molecule has 1 aromatic carbocycles. The van der Waals surface area contributed by atoms with Crippen molar-refractivity contribution in [3.05, 3.63) is 59.5 Å². The molecule has 3 heterocycles. The van der Waals surface area contributed by atoms with E-state index in [0.717, 1.165) is 33.2 Å². The molecule has 0 radical (unpaired) electrons. The Balaban J connectivity index is 1.65. The maximum atomic E-state index is 4.61. The molecule has 7 heteroatoms. The first kappa shape index (κ1) is 15.2. The number of rotatable bonds is 3. The molecular formula is C17H15N5S2. The van der Waals surface area contributed by atoms with Crippen molar-refractivity contribution in [3.63, 3.8) is 0 Å². The van der Waals surface area contributed by atoms with Crippen LogP contribution in [0, 0.1) is 6.92 Å². The minimum Gasteiger partial charge on any atom is -0.290 e. The fraction of sp³-hybridized carbons (Fsp3) is 0.118. The van der Waals surface area contributed by atoms with E-state index >= 15 is 0 Å². The molecule has 4 rings (SSSR count). The summed E-state index contributed by atoms with van der Waals surface area (Å²) in [6, 6.07) is 8.42. The number of benzene rings is 1. The summed E-state index contributed by atoms with van der Waals surface area (Å²) in [5, 5.41) is 2.04. The Morgan fingerprint density at radius 3 is 2.67 bits per heavy atom. The zero-order chi connectivity index (χ0) is 16.5. The molecule has 1 aliphatic rings. The molecular weight excluding hydrogens is 338 g/mol. The average molecular weight is 353 g/mol. The van der Waals surface area contributed by atoms with Gasteiger partial charge in [-0.1, -0.05) is 12.1 Å². The minimum absolute atomic E-state index is 0.785. The third kappa shape index (κ3) is 2.88. The van der Waals surface area contributed by atoms with Crippen molar-refractivity contribution < 1.29 is 0 Å². The molecule has 2 aromatic heterocycles. The van der Waals surface area contributed by atoms with E-state index in [4.69, 9.17) is 0 Å². The third-order valence-corrected chi connectivity index (χ3v) is 5.44. The van der Waals surface area contributed by atoms with Crippen LogP contribution < -0.4 is 9.84 Å². The summed E-state index contributed by atoms with van der Waals surface area (Å²) in [4.78, 5) is 10.3. The molecule has 0 fully saturated rings. The number of hydrogen-bond acceptors (Lipinski definition) is 7. The van der Waals surface area contributed by atoms with Crippen LogP contribution >= 0.6 is 23.5 Å². The molecule has 0 unspecified atom stereocenters. The van der Waals surface area contributed by atoms with E-state index in [1.807, 2.05) is 35.2 Å². The van der Waals surface area contributed by atoms with Crippen LogP contribution in [0.5, 0.6) is 0 Å². The van der Waals surface area contributed by atoms with E-state index in [1.54, 1.807) is 18.1 Å². The van der Waals surface area contributed by atoms with Crippen molar-refractivity contribution >= 4 is 29.3 Å². The van der Waals surface area contributed by atoms with Crippen molar-refractivity contribution in [1.29, 1.82) is 0 Å². The molecule has 120 valence electrons. The molecule has 0 spiro atoms. The fourth-order valence-corrected chi connectivity index (χ4v) is 3.74. The minimum atomic E-state index is 0.785. The highest BCUT2D eigenvalue weighted by Crippen LogP contribution is 2.31. The Bertz CT molecular complexity index is 888. The lowest BCUT2D eigenvalue weighted by atomic mass is 10.0. The van der Waals surface area contributed by atoms with Crippen LogP contribution in [0.3, 0.4) is 0 Å². The summed E-state index contributed by atoms with van der Waals surface area (Å²) in [5.74, 6) is 0.785. The van der Waals surface area contributed by atoms with Crippen LogP contribution in [-0.2, 0) is 0 Å². The Morgan fingerprint density at radius 1 is 1.08 bits per heavy atom. The molecule has 0 saturated heterocycles. The van der Waals surface area contributed by atoms with Gasteiger partial charge in [-0.05, 0) is 48.6 Å². The van der Waals surface area contributed by atoms with Gasteiger partial charge < -0.3 is 0 Å². The smallest absolute Gasteiger partial charge is 0.177 e. The second-order valence-electron chi connectivity index (χ2n) is 5.48. The van der Waals surface area contributed by atoms with Gasteiger partial charge in [0.15, 0.2) is 5.82 Å². The van der Waals surface area contributed by atoms with Crippen LogP contribution in [0.25, 0.3) is 21.7 Å². The van der Waals surface area contributed by atoms with Crippen molar-refractivity contribution in [2.75, 3.05) is 4.41 Å². The van der Waals surface area contributed by atoms with E-state index in [9.17, 15) is 0 Å². The highest BCUT2D eigenvalue weighted by Gasteiger charge is 2.15. The summed E-state index contributed by atoms with van der Waals surface area (Å²) in [6.07, 6.45) is 5.44. The van der Waals surface area contributed by atoms with Crippen molar-refractivity contribution in [2.45, 2.75) is 13.8 Å². The molecule has 0 bridgehead atoms. The number of hydrazine groups is 1. The van der Waals surface area contributed by atoms with Gasteiger partial charge in [-0.15, -0.1) is 0 Å². The van der Waals surface area contributed by atoms with Gasteiger partial charge in [0.1, 0.15) is 0 Å². The number of nitrogens with zero attached hydrogens (tertiary/aromatic N) is 4. The van der Waals surface area contributed by atoms with Crippen molar-refractivity contribution in [1.82, 2.24) is 19.8 Å². The zero-order valence-corrected chi connectivity index (χ0v) is 14.9. The topological polar surface area (TPSA) is 53.9 Å². The van der Waals surface area contributed by atoms with Crippen LogP contribution in [-0.4, -0.2) is 14.3 Å². The van der Waals surface area contributed by atoms with Crippen LogP contribution in [0.4, 0.5) is 5.82 Å². The fourth-order valence-electron chi connectivity index (χ4n) is 2.44. The second-order valence-corrected chi connectivity index (χ2v) is 7.12. The van der Waals surface area contributed by atoms with Crippen LogP contribution in [0.15, 0.2) is 54.0 Å². The quantitative estimate of drug-likeness (QED) is 0.704. The first-order chi connectivity index (χ1) is 11.7. The molecule has 1 aliphatic heterocycles. The highest BCUT2D eigenvalue weighted by molar-refractivity contribution is 8.03. The molecule has 0 aliphatic carbocycles. The van der Waals surface area contributed by atoms with Gasteiger partial charge >= 0.3 is 0 Å². The molecule has 5 nitrogen and oxygen atoms in total. The number of allylic oxidation sites excluding steroid dienone is 1. The number of aryl methyl sites for hydroxylation is 1. The molecule has 1 N–H and O–H groups in total. The van der Waals surface area contributed by atoms with Crippen LogP contribution in [0.2, 0.25) is 0 Å². The standard InChI is InChI=1S/C17H15N5S2/c1-11-3-4-13(16-5-6-20-24-16)7-14(11)15-8-19-17(9-18-15)22-21-12(2)10-23-22/h3-10,21H,1-2H3. The molecule has 0 amide bonds. The summed E-state index contributed by atoms with van der Waals surface area (Å²) in [6.45, 7) is 4.11. The number of hydrogen-bond donors (Lipinski definition) is 1. The molecule has 0 atom stereocenters. The van der Waals surface area contributed by atoms with Gasteiger partial charge in [-0.25, -0.2) is 13.8 Å². The first-order valence-corrected chi connectivity index (χ1v) is 9.06. The normalized spacial score (nSPS) is 13.8. The van der Waals surface area contributed by atoms with Gasteiger partial charge in [0.2, 0.25) is 0 Å². The summed E-state index contributed by atoms with van der Waals surface area (Å²) < 4.78 is 6.07. The summed E-state index contributed by atoms with van der Waals surface area (Å²) >= 11 is 3.06. The number of anilines is 1. The maximum Gasteiger partial charge on any atom is 0.177 e. The Morgan fingerprint density at radius 2 is 2.00 bits per heavy atom. The Hall–Kier alpha value is -2.38. The molecule has 3 aromatic rings. The second kappa shape index (κ2) is 6.26. The van der Waals surface area contributed by atoms with E-state index in [2.05, 4.69) is 44.9 Å². The van der Waals surface area contributed by atoms with Gasteiger partial charge in [0.25, 0.3) is 0 Å². The highest BCUT2D eigenvalue weighted by atomic mass is 32.2. The zero-order valence-electron chi connectivity index (χ0n) is 13.2. The van der Waals surface area contributed by atoms with E-state index in [-0.39, 0.29) is 0 Å². The van der Waals surface area contributed by atoms with Crippen LogP contribution in [0.1, 0.15) is 12.5 Å². The van der Waals surface area contributed by atoms with E-state index in [1.165, 1.54) is 17.1 Å². The lowest BCUT2D eigenvalue weighted by Gasteiger charge is -2.16. The van der Waals surface area contributed by atoms with Gasteiger partial charge in [-0.3, -0.25) is 10.4 Å². The van der Waals surface area contributed by atoms with Crippen molar-refractivity contribution in [3.8, 4) is 21.7 Å². The molecule has 24 heavy (non-hydrogen) atoms. The predicted octanol–water partition coefficient (Wildman–Crippen LogP) is 4.41. The SMILES string of the molecule is CC1=CSN(c2cnc(-c3cc(-c4ccns4)ccc3C)cn2)N1. The lowest BCUT2D eigenvalue weighted by molar-refractivity contribution is 0.886. The Kier molecular flexibility index (Phi) is 3.95. The summed E-state index contributed by atoms with van der Waals surface area (Å²) in [7, 11) is 0.